The second kappa shape index (κ2) is 8.03. The Labute approximate surface area is 153 Å². The zero-order chi connectivity index (χ0) is 18.5. The van der Waals surface area contributed by atoms with Crippen molar-refractivity contribution in [1.29, 1.82) is 5.26 Å². The highest BCUT2D eigenvalue weighted by atomic mass is 16.3. The molecule has 0 aromatic heterocycles. The number of carbonyl (C=O) groups is 1. The van der Waals surface area contributed by atoms with Gasteiger partial charge in [0.15, 0.2) is 0 Å². The maximum Gasteiger partial charge on any atom is 0.255 e. The number of nitriles is 1. The lowest BCUT2D eigenvalue weighted by Crippen LogP contribution is -2.36. The lowest BCUT2D eigenvalue weighted by atomic mass is 10.0. The first-order valence-electron chi connectivity index (χ1n) is 8.98. The summed E-state index contributed by atoms with van der Waals surface area (Å²) >= 11 is 0. The van der Waals surface area contributed by atoms with E-state index in [1.165, 1.54) is 5.56 Å². The molecule has 134 valence electrons. The Morgan fingerprint density at radius 2 is 1.92 bits per heavy atom. The molecule has 0 bridgehead atoms. The lowest BCUT2D eigenvalue weighted by molar-refractivity contribution is 0.102. The first-order valence-corrected chi connectivity index (χ1v) is 8.98. The SMILES string of the molecule is CCc1ccc(C(=O)Nc2ccc(N3CCC(O)CC3)c(C#N)c2)cc1. The molecule has 0 spiro atoms. The Kier molecular flexibility index (Phi) is 5.55. The van der Waals surface area contributed by atoms with Crippen LogP contribution in [0.4, 0.5) is 11.4 Å². The van der Waals surface area contributed by atoms with Gasteiger partial charge in [-0.3, -0.25) is 4.79 Å². The van der Waals surface area contributed by atoms with Crippen molar-refractivity contribution in [3.63, 3.8) is 0 Å². The van der Waals surface area contributed by atoms with Crippen molar-refractivity contribution in [2.45, 2.75) is 32.3 Å². The number of carbonyl (C=O) groups excluding carboxylic acids is 1. The molecule has 2 N–H and O–H groups in total. The number of aryl methyl sites for hydroxylation is 1. The number of nitrogens with zero attached hydrogens (tertiary/aromatic N) is 2. The van der Waals surface area contributed by atoms with E-state index in [-0.39, 0.29) is 12.0 Å². The normalized spacial score (nSPS) is 14.7. The summed E-state index contributed by atoms with van der Waals surface area (Å²) in [4.78, 5) is 14.5. The lowest BCUT2D eigenvalue weighted by Gasteiger charge is -2.32. The molecule has 1 heterocycles. The first-order chi connectivity index (χ1) is 12.6. The van der Waals surface area contributed by atoms with Gasteiger partial charge in [0.05, 0.1) is 17.4 Å². The molecule has 0 saturated carbocycles. The van der Waals surface area contributed by atoms with Crippen LogP contribution in [0.3, 0.4) is 0 Å². The van der Waals surface area contributed by atoms with Crippen LogP contribution in [-0.2, 0) is 6.42 Å². The zero-order valence-corrected chi connectivity index (χ0v) is 14.9. The summed E-state index contributed by atoms with van der Waals surface area (Å²) in [6.45, 7) is 3.53. The van der Waals surface area contributed by atoms with Gasteiger partial charge in [-0.2, -0.15) is 5.26 Å². The third-order valence-corrected chi connectivity index (χ3v) is 4.80. The smallest absolute Gasteiger partial charge is 0.255 e. The van der Waals surface area contributed by atoms with E-state index in [1.807, 2.05) is 36.4 Å². The molecular weight excluding hydrogens is 326 g/mol. The monoisotopic (exact) mass is 349 g/mol. The number of hydrogen-bond acceptors (Lipinski definition) is 4. The Morgan fingerprint density at radius 3 is 2.54 bits per heavy atom. The highest BCUT2D eigenvalue weighted by Crippen LogP contribution is 2.27. The second-order valence-corrected chi connectivity index (χ2v) is 6.57. The Bertz CT molecular complexity index is 816. The summed E-state index contributed by atoms with van der Waals surface area (Å²) < 4.78 is 0. The van der Waals surface area contributed by atoms with Crippen molar-refractivity contribution in [1.82, 2.24) is 0 Å². The topological polar surface area (TPSA) is 76.4 Å². The van der Waals surface area contributed by atoms with E-state index in [4.69, 9.17) is 0 Å². The third kappa shape index (κ3) is 4.04. The largest absolute Gasteiger partial charge is 0.393 e. The molecule has 1 aliphatic rings. The van der Waals surface area contributed by atoms with Crippen LogP contribution >= 0.6 is 0 Å². The number of amides is 1. The molecule has 2 aromatic rings. The minimum Gasteiger partial charge on any atom is -0.393 e. The molecule has 3 rings (SSSR count). The zero-order valence-electron chi connectivity index (χ0n) is 14.9. The van der Waals surface area contributed by atoms with Gasteiger partial charge in [-0.05, 0) is 55.2 Å². The number of hydrogen-bond donors (Lipinski definition) is 2. The van der Waals surface area contributed by atoms with Gasteiger partial charge in [0.1, 0.15) is 6.07 Å². The molecule has 5 heteroatoms. The van der Waals surface area contributed by atoms with E-state index < -0.39 is 0 Å². The Hall–Kier alpha value is -2.84. The van der Waals surface area contributed by atoms with E-state index >= 15 is 0 Å². The van der Waals surface area contributed by atoms with E-state index in [2.05, 4.69) is 23.2 Å². The maximum absolute atomic E-state index is 12.4. The Balaban J connectivity index is 1.74. The first kappa shape index (κ1) is 18.0. The second-order valence-electron chi connectivity index (χ2n) is 6.57. The molecule has 0 radical (unpaired) electrons. The molecule has 1 fully saturated rings. The predicted octanol–water partition coefficient (Wildman–Crippen LogP) is 3.33. The van der Waals surface area contributed by atoms with Gasteiger partial charge in [0, 0.05) is 24.3 Å². The fourth-order valence-electron chi connectivity index (χ4n) is 3.18. The molecule has 0 unspecified atom stereocenters. The maximum atomic E-state index is 12.4. The molecule has 1 saturated heterocycles. The molecule has 0 atom stereocenters. The molecule has 26 heavy (non-hydrogen) atoms. The van der Waals surface area contributed by atoms with Gasteiger partial charge < -0.3 is 15.3 Å². The summed E-state index contributed by atoms with van der Waals surface area (Å²) in [5, 5.41) is 22.0. The molecule has 2 aromatic carbocycles. The number of piperidine rings is 1. The van der Waals surface area contributed by atoms with Crippen LogP contribution in [0.2, 0.25) is 0 Å². The minimum atomic E-state index is -0.255. The molecule has 0 aliphatic carbocycles. The number of anilines is 2. The van der Waals surface area contributed by atoms with E-state index in [9.17, 15) is 15.2 Å². The van der Waals surface area contributed by atoms with Crippen molar-refractivity contribution in [2.75, 3.05) is 23.3 Å². The van der Waals surface area contributed by atoms with Gasteiger partial charge in [-0.15, -0.1) is 0 Å². The quantitative estimate of drug-likeness (QED) is 0.888. The van der Waals surface area contributed by atoms with E-state index in [1.54, 1.807) is 6.07 Å². The molecule has 1 aliphatic heterocycles. The van der Waals surface area contributed by atoms with Crippen LogP contribution in [0.15, 0.2) is 42.5 Å². The van der Waals surface area contributed by atoms with Gasteiger partial charge in [0.25, 0.3) is 5.91 Å². The Morgan fingerprint density at radius 1 is 1.23 bits per heavy atom. The predicted molar refractivity (Wildman–Crippen MR) is 102 cm³/mol. The number of aliphatic hydroxyl groups is 1. The van der Waals surface area contributed by atoms with Crippen molar-refractivity contribution < 1.29 is 9.90 Å². The number of nitrogens with one attached hydrogen (secondary N) is 1. The molecule has 5 nitrogen and oxygen atoms in total. The fourth-order valence-corrected chi connectivity index (χ4v) is 3.18. The third-order valence-electron chi connectivity index (χ3n) is 4.80. The van der Waals surface area contributed by atoms with Gasteiger partial charge in [0.2, 0.25) is 0 Å². The van der Waals surface area contributed by atoms with Crippen molar-refractivity contribution in [3.05, 3.63) is 59.2 Å². The summed E-state index contributed by atoms with van der Waals surface area (Å²) in [6, 6.07) is 15.1. The fraction of sp³-hybridized carbons (Fsp3) is 0.333. The number of benzene rings is 2. The molecular formula is C21H23N3O2. The summed E-state index contributed by atoms with van der Waals surface area (Å²) in [7, 11) is 0. The minimum absolute atomic E-state index is 0.189. The number of rotatable bonds is 4. The van der Waals surface area contributed by atoms with Crippen LogP contribution in [0.5, 0.6) is 0 Å². The summed E-state index contributed by atoms with van der Waals surface area (Å²) in [5.74, 6) is -0.189. The van der Waals surface area contributed by atoms with Crippen LogP contribution in [0, 0.1) is 11.3 Å². The van der Waals surface area contributed by atoms with Gasteiger partial charge in [-0.25, -0.2) is 0 Å². The summed E-state index contributed by atoms with van der Waals surface area (Å²) in [5.41, 5.74) is 3.76. The molecule has 1 amide bonds. The average molecular weight is 349 g/mol. The highest BCUT2D eigenvalue weighted by molar-refractivity contribution is 6.04. The van der Waals surface area contributed by atoms with Crippen LogP contribution in [0.1, 0.15) is 41.3 Å². The van der Waals surface area contributed by atoms with Crippen LogP contribution in [0.25, 0.3) is 0 Å². The number of aliphatic hydroxyl groups excluding tert-OH is 1. The van der Waals surface area contributed by atoms with Gasteiger partial charge >= 0.3 is 0 Å². The van der Waals surface area contributed by atoms with Crippen LogP contribution < -0.4 is 10.2 Å². The van der Waals surface area contributed by atoms with E-state index in [0.29, 0.717) is 29.7 Å². The average Bonchev–Trinajstić information content (AvgIpc) is 2.68. The van der Waals surface area contributed by atoms with Crippen LogP contribution in [-0.4, -0.2) is 30.2 Å². The van der Waals surface area contributed by atoms with Crippen molar-refractivity contribution >= 4 is 17.3 Å². The van der Waals surface area contributed by atoms with Crippen molar-refractivity contribution in [2.24, 2.45) is 0 Å². The van der Waals surface area contributed by atoms with E-state index in [0.717, 1.165) is 25.2 Å². The van der Waals surface area contributed by atoms with Gasteiger partial charge in [-0.1, -0.05) is 19.1 Å². The standard InChI is InChI=1S/C21H23N3O2/c1-2-15-3-5-16(6-4-15)21(26)23-18-7-8-20(17(13-18)14-22)24-11-9-19(25)10-12-24/h3-8,13,19,25H,2,9-12H2,1H3,(H,23,26). The summed E-state index contributed by atoms with van der Waals surface area (Å²) in [6.07, 6.45) is 2.09. The highest BCUT2D eigenvalue weighted by Gasteiger charge is 2.20. The van der Waals surface area contributed by atoms with Crippen molar-refractivity contribution in [3.8, 4) is 6.07 Å².